The summed E-state index contributed by atoms with van der Waals surface area (Å²) in [5, 5.41) is 2.95. The third kappa shape index (κ3) is 3.98. The highest BCUT2D eigenvalue weighted by atomic mass is 32.2. The Morgan fingerprint density at radius 3 is 3.05 bits per heavy atom. The van der Waals surface area contributed by atoms with Crippen LogP contribution < -0.4 is 5.32 Å². The maximum Gasteiger partial charge on any atom is 0.230 e. The van der Waals surface area contributed by atoms with E-state index in [1.807, 2.05) is 31.2 Å². The highest BCUT2D eigenvalue weighted by molar-refractivity contribution is 8.00. The monoisotopic (exact) mass is 293 g/mol. The number of aromatic amines is 1. The van der Waals surface area contributed by atoms with E-state index in [9.17, 15) is 4.79 Å². The molecule has 0 bridgehead atoms. The van der Waals surface area contributed by atoms with Crippen LogP contribution in [-0.4, -0.2) is 41.9 Å². The lowest BCUT2D eigenvalue weighted by molar-refractivity contribution is -0.118. The molecule has 2 aromatic rings. The Kier molecular flexibility index (Phi) is 5.43. The molecule has 1 unspecified atom stereocenters. The molecule has 1 amide bonds. The summed E-state index contributed by atoms with van der Waals surface area (Å²) >= 11 is 1.56. The fraction of sp³-hybridized carbons (Fsp3) is 0.429. The molecule has 1 aromatic carbocycles. The van der Waals surface area contributed by atoms with Gasteiger partial charge in [-0.25, -0.2) is 4.98 Å². The van der Waals surface area contributed by atoms with Gasteiger partial charge in [0.15, 0.2) is 0 Å². The number of carbonyl (C=O) groups is 1. The van der Waals surface area contributed by atoms with Gasteiger partial charge in [-0.3, -0.25) is 4.79 Å². The van der Waals surface area contributed by atoms with Gasteiger partial charge in [-0.15, -0.1) is 11.8 Å². The molecule has 0 aliphatic carbocycles. The fourth-order valence-corrected chi connectivity index (χ4v) is 2.56. The van der Waals surface area contributed by atoms with Gasteiger partial charge in [0, 0.05) is 13.7 Å². The van der Waals surface area contributed by atoms with Gasteiger partial charge >= 0.3 is 0 Å². The summed E-state index contributed by atoms with van der Waals surface area (Å²) < 4.78 is 4.88. The van der Waals surface area contributed by atoms with Crippen LogP contribution in [0.2, 0.25) is 0 Å². The van der Waals surface area contributed by atoms with Crippen molar-refractivity contribution in [1.29, 1.82) is 0 Å². The molecular formula is C14H19N3O2S. The maximum absolute atomic E-state index is 11.6. The zero-order valence-corrected chi connectivity index (χ0v) is 12.5. The van der Waals surface area contributed by atoms with E-state index in [4.69, 9.17) is 4.74 Å². The van der Waals surface area contributed by atoms with E-state index in [-0.39, 0.29) is 11.2 Å². The highest BCUT2D eigenvalue weighted by Gasteiger charge is 2.13. The molecule has 0 saturated carbocycles. The lowest BCUT2D eigenvalue weighted by Gasteiger charge is -2.08. The van der Waals surface area contributed by atoms with Crippen molar-refractivity contribution in [2.24, 2.45) is 0 Å². The van der Waals surface area contributed by atoms with Crippen molar-refractivity contribution in [2.75, 3.05) is 26.0 Å². The molecule has 0 radical (unpaired) electrons. The van der Waals surface area contributed by atoms with Crippen molar-refractivity contribution in [3.63, 3.8) is 0 Å². The number of ether oxygens (including phenoxy) is 1. The zero-order chi connectivity index (χ0) is 14.4. The Bertz CT molecular complexity index is 537. The first-order chi connectivity index (χ1) is 9.70. The van der Waals surface area contributed by atoms with E-state index in [0.29, 0.717) is 18.9 Å². The Hall–Kier alpha value is -1.53. The number of thioether (sulfide) groups is 1. The van der Waals surface area contributed by atoms with Gasteiger partial charge in [0.05, 0.1) is 28.6 Å². The van der Waals surface area contributed by atoms with Crippen molar-refractivity contribution in [3.8, 4) is 0 Å². The van der Waals surface area contributed by atoms with Crippen LogP contribution >= 0.6 is 11.8 Å². The van der Waals surface area contributed by atoms with Gasteiger partial charge in [-0.05, 0) is 19.1 Å². The van der Waals surface area contributed by atoms with Gasteiger partial charge < -0.3 is 15.0 Å². The number of amides is 1. The van der Waals surface area contributed by atoms with Crippen LogP contribution in [0.25, 0.3) is 11.0 Å². The molecule has 20 heavy (non-hydrogen) atoms. The maximum atomic E-state index is 11.6. The number of para-hydroxylation sites is 2. The molecule has 0 fully saturated rings. The quantitative estimate of drug-likeness (QED) is 0.767. The van der Waals surface area contributed by atoms with Gasteiger partial charge in [0.1, 0.15) is 5.82 Å². The van der Waals surface area contributed by atoms with Crippen LogP contribution in [0.4, 0.5) is 0 Å². The SMILES string of the molecule is COCCNC(=O)CSC(C)c1nc2ccccc2[nH]1. The highest BCUT2D eigenvalue weighted by Crippen LogP contribution is 2.27. The molecule has 0 aliphatic heterocycles. The van der Waals surface area contributed by atoms with E-state index in [2.05, 4.69) is 15.3 Å². The largest absolute Gasteiger partial charge is 0.383 e. The number of carbonyl (C=O) groups excluding carboxylic acids is 1. The van der Waals surface area contributed by atoms with E-state index in [1.54, 1.807) is 18.9 Å². The lowest BCUT2D eigenvalue weighted by atomic mass is 10.3. The van der Waals surface area contributed by atoms with Crippen molar-refractivity contribution in [2.45, 2.75) is 12.2 Å². The number of fused-ring (bicyclic) bond motifs is 1. The molecule has 1 heterocycles. The van der Waals surface area contributed by atoms with Gasteiger partial charge in [0.25, 0.3) is 0 Å². The third-order valence-corrected chi connectivity index (χ3v) is 4.04. The topological polar surface area (TPSA) is 67.0 Å². The van der Waals surface area contributed by atoms with Crippen molar-refractivity contribution in [1.82, 2.24) is 15.3 Å². The minimum Gasteiger partial charge on any atom is -0.383 e. The van der Waals surface area contributed by atoms with Crippen LogP contribution in [0, 0.1) is 0 Å². The molecule has 2 rings (SSSR count). The number of H-pyrrole nitrogens is 1. The zero-order valence-electron chi connectivity index (χ0n) is 11.7. The minimum atomic E-state index is 0.0232. The first kappa shape index (κ1) is 14.9. The Morgan fingerprint density at radius 2 is 2.30 bits per heavy atom. The van der Waals surface area contributed by atoms with Crippen LogP contribution in [0.1, 0.15) is 18.0 Å². The van der Waals surface area contributed by atoms with Crippen LogP contribution in [0.3, 0.4) is 0 Å². The summed E-state index contributed by atoms with van der Waals surface area (Å²) in [6, 6.07) is 7.92. The summed E-state index contributed by atoms with van der Waals surface area (Å²) in [7, 11) is 1.62. The first-order valence-corrected chi connectivity index (χ1v) is 7.57. The smallest absolute Gasteiger partial charge is 0.230 e. The Morgan fingerprint density at radius 1 is 1.50 bits per heavy atom. The number of methoxy groups -OCH3 is 1. The summed E-state index contributed by atoms with van der Waals surface area (Å²) in [4.78, 5) is 19.4. The molecule has 0 spiro atoms. The summed E-state index contributed by atoms with van der Waals surface area (Å²) in [6.07, 6.45) is 0. The first-order valence-electron chi connectivity index (χ1n) is 6.52. The molecule has 2 N–H and O–H groups in total. The number of rotatable bonds is 7. The number of nitrogens with one attached hydrogen (secondary N) is 2. The molecule has 0 saturated heterocycles. The number of benzene rings is 1. The fourth-order valence-electron chi connectivity index (χ4n) is 1.79. The van der Waals surface area contributed by atoms with E-state index >= 15 is 0 Å². The second-order valence-electron chi connectivity index (χ2n) is 4.44. The average Bonchev–Trinajstić information content (AvgIpc) is 2.89. The standard InChI is InChI=1S/C14H19N3O2S/c1-10(20-9-13(18)15-7-8-19-2)14-16-11-5-3-4-6-12(11)17-14/h3-6,10H,7-9H2,1-2H3,(H,15,18)(H,16,17). The molecule has 5 nitrogen and oxygen atoms in total. The van der Waals surface area contributed by atoms with Crippen molar-refractivity contribution in [3.05, 3.63) is 30.1 Å². The number of imidazole rings is 1. The molecule has 1 atom stereocenters. The number of nitrogens with zero attached hydrogens (tertiary/aromatic N) is 1. The summed E-state index contributed by atoms with van der Waals surface area (Å²) in [6.45, 7) is 3.13. The van der Waals surface area contributed by atoms with E-state index < -0.39 is 0 Å². The van der Waals surface area contributed by atoms with Crippen LogP contribution in [0.5, 0.6) is 0 Å². The van der Waals surface area contributed by atoms with Crippen LogP contribution in [-0.2, 0) is 9.53 Å². The second kappa shape index (κ2) is 7.31. The second-order valence-corrected chi connectivity index (χ2v) is 5.76. The van der Waals surface area contributed by atoms with Gasteiger partial charge in [-0.1, -0.05) is 12.1 Å². The third-order valence-electron chi connectivity index (χ3n) is 2.89. The van der Waals surface area contributed by atoms with Crippen LogP contribution in [0.15, 0.2) is 24.3 Å². The van der Waals surface area contributed by atoms with Gasteiger partial charge in [-0.2, -0.15) is 0 Å². The molecule has 1 aromatic heterocycles. The normalized spacial score (nSPS) is 12.5. The summed E-state index contributed by atoms with van der Waals surface area (Å²) in [5.41, 5.74) is 1.99. The van der Waals surface area contributed by atoms with E-state index in [1.165, 1.54) is 0 Å². The summed E-state index contributed by atoms with van der Waals surface area (Å²) in [5.74, 6) is 1.35. The molecular weight excluding hydrogens is 274 g/mol. The Labute approximate surface area is 122 Å². The molecule has 6 heteroatoms. The number of hydrogen-bond acceptors (Lipinski definition) is 4. The lowest BCUT2D eigenvalue weighted by Crippen LogP contribution is -2.28. The minimum absolute atomic E-state index is 0.0232. The average molecular weight is 293 g/mol. The van der Waals surface area contributed by atoms with Crippen molar-refractivity contribution < 1.29 is 9.53 Å². The van der Waals surface area contributed by atoms with Crippen molar-refractivity contribution >= 4 is 28.7 Å². The Balaban J connectivity index is 1.85. The molecule has 108 valence electrons. The number of hydrogen-bond donors (Lipinski definition) is 2. The molecule has 0 aliphatic rings. The van der Waals surface area contributed by atoms with E-state index in [0.717, 1.165) is 16.9 Å². The predicted molar refractivity (Wildman–Crippen MR) is 81.9 cm³/mol. The van der Waals surface area contributed by atoms with Gasteiger partial charge in [0.2, 0.25) is 5.91 Å². The predicted octanol–water partition coefficient (Wildman–Crippen LogP) is 2.12. The number of aromatic nitrogens is 2.